The van der Waals surface area contributed by atoms with Crippen molar-refractivity contribution in [2.45, 2.75) is 25.2 Å². The predicted octanol–water partition coefficient (Wildman–Crippen LogP) is 8.23. The van der Waals surface area contributed by atoms with Crippen LogP contribution in [0.1, 0.15) is 30.2 Å². The summed E-state index contributed by atoms with van der Waals surface area (Å²) >= 11 is 0. The summed E-state index contributed by atoms with van der Waals surface area (Å²) in [6, 6.07) is 34.2. The first kappa shape index (κ1) is 21.1. The van der Waals surface area contributed by atoms with Crippen LogP contribution in [0.3, 0.4) is 0 Å². The number of hydrogen-bond donors (Lipinski definition) is 1. The van der Waals surface area contributed by atoms with Gasteiger partial charge in [-0.1, -0.05) is 91.9 Å². The van der Waals surface area contributed by atoms with Crippen LogP contribution in [0.2, 0.25) is 0 Å². The molecule has 0 radical (unpaired) electrons. The molecule has 0 saturated heterocycles. The molecule has 0 saturated carbocycles. The topological polar surface area (TPSA) is 25.2 Å². The van der Waals surface area contributed by atoms with Crippen molar-refractivity contribution in [2.75, 3.05) is 12.4 Å². The Bertz CT molecular complexity index is 1380. The fourth-order valence-corrected chi connectivity index (χ4v) is 4.96. The van der Waals surface area contributed by atoms with E-state index in [1.165, 1.54) is 27.6 Å². The Morgan fingerprint density at radius 2 is 1.55 bits per heavy atom. The largest absolute Gasteiger partial charge is 0.457 e. The van der Waals surface area contributed by atoms with E-state index in [1.54, 1.807) is 0 Å². The molecule has 1 unspecified atom stereocenters. The smallest absolute Gasteiger partial charge is 0.134 e. The summed E-state index contributed by atoms with van der Waals surface area (Å²) in [6.07, 6.45) is 6.22. The summed E-state index contributed by atoms with van der Waals surface area (Å²) in [5.74, 6) is 0.894. The van der Waals surface area contributed by atoms with Gasteiger partial charge in [0, 0.05) is 23.5 Å². The molecule has 0 aliphatic rings. The third kappa shape index (κ3) is 4.29. The van der Waals surface area contributed by atoms with Crippen LogP contribution in [-0.2, 0) is 11.8 Å². The molecule has 0 bridgehead atoms. The maximum absolute atomic E-state index is 6.02. The highest BCUT2D eigenvalue weighted by molar-refractivity contribution is 5.91. The van der Waals surface area contributed by atoms with E-state index in [0.717, 1.165) is 29.6 Å². The maximum Gasteiger partial charge on any atom is 0.134 e. The lowest BCUT2D eigenvalue weighted by molar-refractivity contribution is 0.481. The molecule has 1 atom stereocenters. The van der Waals surface area contributed by atoms with Crippen molar-refractivity contribution in [3.8, 4) is 0 Å². The van der Waals surface area contributed by atoms with Crippen LogP contribution in [0.5, 0.6) is 0 Å². The minimum absolute atomic E-state index is 0.108. The molecule has 0 spiro atoms. The number of rotatable bonds is 7. The monoisotopic (exact) mass is 431 g/mol. The van der Waals surface area contributed by atoms with Crippen LogP contribution < -0.4 is 5.32 Å². The highest BCUT2D eigenvalue weighted by Crippen LogP contribution is 2.41. The van der Waals surface area contributed by atoms with Crippen molar-refractivity contribution in [3.05, 3.63) is 120 Å². The Balaban J connectivity index is 1.57. The van der Waals surface area contributed by atoms with Crippen LogP contribution in [0.15, 0.2) is 108 Å². The molecule has 5 rings (SSSR count). The standard InChI is InChI=1S/C31H29NO/c1-31(22-23-11-4-3-5-12-23,20-10-15-26-21-25-14-7-9-17-29(25)33-26)30-27-16-8-6-13-24(27)18-19-28(30)32-2/h3-19,21,32H,20,22H2,1-2H3/b15-10+. The summed E-state index contributed by atoms with van der Waals surface area (Å²) in [6.45, 7) is 2.38. The number of allylic oxidation sites excluding steroid dienone is 1. The second-order valence-corrected chi connectivity index (χ2v) is 8.98. The minimum atomic E-state index is -0.108. The molecule has 33 heavy (non-hydrogen) atoms. The van der Waals surface area contributed by atoms with Crippen molar-refractivity contribution in [2.24, 2.45) is 0 Å². The highest BCUT2D eigenvalue weighted by Gasteiger charge is 2.30. The molecule has 2 heteroatoms. The molecule has 0 aliphatic carbocycles. The zero-order chi connectivity index (χ0) is 22.7. The molecule has 164 valence electrons. The van der Waals surface area contributed by atoms with Gasteiger partial charge < -0.3 is 9.73 Å². The van der Waals surface area contributed by atoms with Crippen molar-refractivity contribution in [3.63, 3.8) is 0 Å². The summed E-state index contributed by atoms with van der Waals surface area (Å²) in [4.78, 5) is 0. The maximum atomic E-state index is 6.02. The van der Waals surface area contributed by atoms with Gasteiger partial charge in [0.1, 0.15) is 11.3 Å². The van der Waals surface area contributed by atoms with E-state index in [2.05, 4.69) is 103 Å². The van der Waals surface area contributed by atoms with E-state index in [-0.39, 0.29) is 5.41 Å². The van der Waals surface area contributed by atoms with Crippen LogP contribution >= 0.6 is 0 Å². The van der Waals surface area contributed by atoms with Crippen LogP contribution in [0.4, 0.5) is 5.69 Å². The van der Waals surface area contributed by atoms with Crippen LogP contribution in [0.25, 0.3) is 27.8 Å². The Kier molecular flexibility index (Phi) is 5.75. The average Bonchev–Trinajstić information content (AvgIpc) is 3.26. The molecule has 1 heterocycles. The van der Waals surface area contributed by atoms with Crippen LogP contribution in [0, 0.1) is 0 Å². The lowest BCUT2D eigenvalue weighted by Gasteiger charge is -2.33. The van der Waals surface area contributed by atoms with Gasteiger partial charge in [-0.2, -0.15) is 0 Å². The van der Waals surface area contributed by atoms with Gasteiger partial charge in [0.2, 0.25) is 0 Å². The number of anilines is 1. The zero-order valence-corrected chi connectivity index (χ0v) is 19.2. The molecule has 0 fully saturated rings. The van der Waals surface area contributed by atoms with E-state index >= 15 is 0 Å². The SMILES string of the molecule is CNc1ccc2ccccc2c1C(C)(C/C=C/c1cc2ccccc2o1)Cc1ccccc1. The molecule has 0 aliphatic heterocycles. The number of hydrogen-bond acceptors (Lipinski definition) is 2. The Morgan fingerprint density at radius 3 is 2.33 bits per heavy atom. The van der Waals surface area contributed by atoms with E-state index in [1.807, 2.05) is 25.2 Å². The molecular weight excluding hydrogens is 402 g/mol. The summed E-state index contributed by atoms with van der Waals surface area (Å²) in [5.41, 5.74) is 4.71. The van der Waals surface area contributed by atoms with E-state index < -0.39 is 0 Å². The van der Waals surface area contributed by atoms with Gasteiger partial charge in [-0.05, 0) is 59.0 Å². The van der Waals surface area contributed by atoms with Gasteiger partial charge >= 0.3 is 0 Å². The van der Waals surface area contributed by atoms with E-state index in [0.29, 0.717) is 0 Å². The van der Waals surface area contributed by atoms with E-state index in [4.69, 9.17) is 4.42 Å². The highest BCUT2D eigenvalue weighted by atomic mass is 16.3. The number of nitrogens with one attached hydrogen (secondary N) is 1. The van der Waals surface area contributed by atoms with Crippen molar-refractivity contribution in [1.82, 2.24) is 0 Å². The average molecular weight is 432 g/mol. The lowest BCUT2D eigenvalue weighted by atomic mass is 9.72. The van der Waals surface area contributed by atoms with Crippen molar-refractivity contribution >= 4 is 33.5 Å². The van der Waals surface area contributed by atoms with Gasteiger partial charge in [-0.25, -0.2) is 0 Å². The second kappa shape index (κ2) is 8.99. The second-order valence-electron chi connectivity index (χ2n) is 8.98. The number of para-hydroxylation sites is 1. The lowest BCUT2D eigenvalue weighted by Crippen LogP contribution is -2.26. The molecule has 5 aromatic rings. The normalized spacial score (nSPS) is 13.5. The van der Waals surface area contributed by atoms with Gasteiger partial charge in [-0.15, -0.1) is 0 Å². The molecule has 1 aromatic heterocycles. The van der Waals surface area contributed by atoms with Gasteiger partial charge in [0.15, 0.2) is 0 Å². The Hall–Kier alpha value is -3.78. The third-order valence-electron chi connectivity index (χ3n) is 6.53. The molecule has 2 nitrogen and oxygen atoms in total. The zero-order valence-electron chi connectivity index (χ0n) is 19.2. The number of fused-ring (bicyclic) bond motifs is 2. The molecule has 0 amide bonds. The molecule has 4 aromatic carbocycles. The Morgan fingerprint density at radius 1 is 0.818 bits per heavy atom. The molecule has 1 N–H and O–H groups in total. The van der Waals surface area contributed by atoms with Crippen molar-refractivity contribution in [1.29, 1.82) is 0 Å². The van der Waals surface area contributed by atoms with Crippen molar-refractivity contribution < 1.29 is 4.42 Å². The molecular formula is C31H29NO. The summed E-state index contributed by atoms with van der Waals surface area (Å²) in [7, 11) is 2.01. The number of benzene rings is 4. The Labute approximate surface area is 195 Å². The minimum Gasteiger partial charge on any atom is -0.457 e. The fraction of sp³-hybridized carbons (Fsp3) is 0.161. The predicted molar refractivity (Wildman–Crippen MR) is 141 cm³/mol. The first-order valence-corrected chi connectivity index (χ1v) is 11.6. The quantitative estimate of drug-likeness (QED) is 0.281. The van der Waals surface area contributed by atoms with Gasteiger partial charge in [0.05, 0.1) is 0 Å². The third-order valence-corrected chi connectivity index (χ3v) is 6.53. The summed E-state index contributed by atoms with van der Waals surface area (Å²) in [5, 5.41) is 7.17. The fourth-order valence-electron chi connectivity index (χ4n) is 4.96. The van der Waals surface area contributed by atoms with E-state index in [9.17, 15) is 0 Å². The number of furan rings is 1. The van der Waals surface area contributed by atoms with Gasteiger partial charge in [0.25, 0.3) is 0 Å². The van der Waals surface area contributed by atoms with Crippen LogP contribution in [-0.4, -0.2) is 7.05 Å². The first-order valence-electron chi connectivity index (χ1n) is 11.6. The first-order chi connectivity index (χ1) is 16.2. The van der Waals surface area contributed by atoms with Gasteiger partial charge in [-0.3, -0.25) is 0 Å². The summed E-state index contributed by atoms with van der Waals surface area (Å²) < 4.78 is 6.02.